The monoisotopic (exact) mass is 374 g/mol. The third kappa shape index (κ3) is 3.99. The van der Waals surface area contributed by atoms with Crippen LogP contribution in [0.2, 0.25) is 0 Å². The van der Waals surface area contributed by atoms with E-state index in [-0.39, 0.29) is 0 Å². The van der Waals surface area contributed by atoms with E-state index in [2.05, 4.69) is 35.7 Å². The second kappa shape index (κ2) is 8.40. The van der Waals surface area contributed by atoms with Crippen LogP contribution in [-0.4, -0.2) is 39.9 Å². The Balaban J connectivity index is 1.65. The van der Waals surface area contributed by atoms with Crippen LogP contribution in [0.3, 0.4) is 0 Å². The van der Waals surface area contributed by atoms with Crippen molar-refractivity contribution in [3.8, 4) is 28.5 Å². The summed E-state index contributed by atoms with van der Waals surface area (Å²) >= 11 is 0. The summed E-state index contributed by atoms with van der Waals surface area (Å²) in [5, 5.41) is 4.75. The van der Waals surface area contributed by atoms with Gasteiger partial charge in [-0.05, 0) is 61.8 Å². The van der Waals surface area contributed by atoms with Crippen molar-refractivity contribution in [3.05, 3.63) is 66.7 Å². The minimum Gasteiger partial charge on any atom is -0.497 e. The summed E-state index contributed by atoms with van der Waals surface area (Å²) in [6, 6.07) is 16.5. The van der Waals surface area contributed by atoms with E-state index in [4.69, 9.17) is 14.8 Å². The maximum atomic E-state index is 5.26. The normalized spacial score (nSPS) is 14.3. The van der Waals surface area contributed by atoms with Crippen molar-refractivity contribution in [3.63, 3.8) is 0 Å². The molecule has 0 N–H and O–H groups in total. The predicted molar refractivity (Wildman–Crippen MR) is 112 cm³/mol. The fraction of sp³-hybridized carbons (Fsp3) is 0.304. The molecule has 2 aromatic carbocycles. The predicted octanol–water partition coefficient (Wildman–Crippen LogP) is 4.40. The van der Waals surface area contributed by atoms with E-state index in [0.29, 0.717) is 6.54 Å². The fourth-order valence-corrected chi connectivity index (χ4v) is 3.68. The molecule has 0 unspecified atom stereocenters. The number of hydrogen-bond acceptors (Lipinski definition) is 4. The van der Waals surface area contributed by atoms with Gasteiger partial charge in [0.1, 0.15) is 5.75 Å². The molecule has 1 aromatic heterocycles. The molecule has 1 fully saturated rings. The van der Waals surface area contributed by atoms with Gasteiger partial charge < -0.3 is 4.74 Å². The zero-order valence-corrected chi connectivity index (χ0v) is 16.3. The molecular formula is C23H26N4O. The molecule has 28 heavy (non-hydrogen) atoms. The first-order valence-corrected chi connectivity index (χ1v) is 9.78. The van der Waals surface area contributed by atoms with Gasteiger partial charge in [-0.15, -0.1) is 6.58 Å². The number of rotatable bonds is 7. The van der Waals surface area contributed by atoms with Crippen LogP contribution < -0.4 is 4.74 Å². The summed E-state index contributed by atoms with van der Waals surface area (Å²) in [4.78, 5) is 7.35. The SMILES string of the molecule is C=CCn1nc(-c2cccc(CN3CCCC3)c2)nc1-c1ccc(OC)cc1. The van der Waals surface area contributed by atoms with E-state index in [9.17, 15) is 0 Å². The van der Waals surface area contributed by atoms with Crippen molar-refractivity contribution in [2.75, 3.05) is 20.2 Å². The lowest BCUT2D eigenvalue weighted by atomic mass is 10.1. The van der Waals surface area contributed by atoms with Gasteiger partial charge in [-0.2, -0.15) is 5.10 Å². The molecule has 0 atom stereocenters. The summed E-state index contributed by atoms with van der Waals surface area (Å²) in [7, 11) is 1.67. The van der Waals surface area contributed by atoms with Gasteiger partial charge in [0, 0.05) is 17.7 Å². The Morgan fingerprint density at radius 1 is 1.07 bits per heavy atom. The van der Waals surface area contributed by atoms with Crippen molar-refractivity contribution >= 4 is 0 Å². The third-order valence-electron chi connectivity index (χ3n) is 5.11. The molecule has 0 bridgehead atoms. The zero-order valence-electron chi connectivity index (χ0n) is 16.3. The lowest BCUT2D eigenvalue weighted by Crippen LogP contribution is -2.18. The van der Waals surface area contributed by atoms with Gasteiger partial charge in [0.2, 0.25) is 0 Å². The Morgan fingerprint density at radius 2 is 1.86 bits per heavy atom. The summed E-state index contributed by atoms with van der Waals surface area (Å²) in [5.41, 5.74) is 3.37. The molecule has 5 heteroatoms. The van der Waals surface area contributed by atoms with Crippen molar-refractivity contribution in [2.24, 2.45) is 0 Å². The van der Waals surface area contributed by atoms with Crippen molar-refractivity contribution in [1.29, 1.82) is 0 Å². The van der Waals surface area contributed by atoms with Gasteiger partial charge in [0.25, 0.3) is 0 Å². The molecule has 1 aliphatic rings. The summed E-state index contributed by atoms with van der Waals surface area (Å²) in [5.74, 6) is 2.41. The van der Waals surface area contributed by atoms with Gasteiger partial charge in [-0.25, -0.2) is 9.67 Å². The van der Waals surface area contributed by atoms with Crippen LogP contribution in [0.5, 0.6) is 5.75 Å². The number of ether oxygens (including phenoxy) is 1. The second-order valence-corrected chi connectivity index (χ2v) is 7.14. The van der Waals surface area contributed by atoms with E-state index in [1.807, 2.05) is 35.0 Å². The highest BCUT2D eigenvalue weighted by molar-refractivity contribution is 5.63. The first-order chi connectivity index (χ1) is 13.8. The Bertz CT molecular complexity index is 939. The number of aromatic nitrogens is 3. The van der Waals surface area contributed by atoms with E-state index >= 15 is 0 Å². The Morgan fingerprint density at radius 3 is 2.57 bits per heavy atom. The minimum absolute atomic E-state index is 0.613. The first kappa shape index (κ1) is 18.4. The molecule has 4 rings (SSSR count). The van der Waals surface area contributed by atoms with E-state index in [0.717, 1.165) is 35.1 Å². The topological polar surface area (TPSA) is 43.2 Å². The molecule has 1 aliphatic heterocycles. The van der Waals surface area contributed by atoms with Gasteiger partial charge in [-0.3, -0.25) is 4.90 Å². The van der Waals surface area contributed by atoms with Gasteiger partial charge >= 0.3 is 0 Å². The highest BCUT2D eigenvalue weighted by Crippen LogP contribution is 2.25. The molecule has 0 amide bonds. The largest absolute Gasteiger partial charge is 0.497 e. The highest BCUT2D eigenvalue weighted by Gasteiger charge is 2.15. The smallest absolute Gasteiger partial charge is 0.181 e. The second-order valence-electron chi connectivity index (χ2n) is 7.14. The van der Waals surface area contributed by atoms with Crippen LogP contribution in [0.15, 0.2) is 61.2 Å². The quantitative estimate of drug-likeness (QED) is 0.575. The highest BCUT2D eigenvalue weighted by atomic mass is 16.5. The van der Waals surface area contributed by atoms with Crippen molar-refractivity contribution in [1.82, 2.24) is 19.7 Å². The molecule has 0 spiro atoms. The number of allylic oxidation sites excluding steroid dienone is 1. The molecular weight excluding hydrogens is 348 g/mol. The lowest BCUT2D eigenvalue weighted by Gasteiger charge is -2.14. The maximum Gasteiger partial charge on any atom is 0.181 e. The average molecular weight is 374 g/mol. The van der Waals surface area contributed by atoms with Crippen LogP contribution >= 0.6 is 0 Å². The molecule has 0 aliphatic carbocycles. The van der Waals surface area contributed by atoms with E-state index < -0.39 is 0 Å². The van der Waals surface area contributed by atoms with Gasteiger partial charge in [0.15, 0.2) is 11.6 Å². The number of methoxy groups -OCH3 is 1. The Kier molecular flexibility index (Phi) is 5.53. The molecule has 0 radical (unpaired) electrons. The van der Waals surface area contributed by atoms with Crippen LogP contribution in [0.1, 0.15) is 18.4 Å². The standard InChI is InChI=1S/C23H26N4O/c1-3-13-27-23(19-9-11-21(28-2)12-10-19)24-22(25-27)20-8-6-7-18(16-20)17-26-14-4-5-15-26/h3,6-12,16H,1,4-5,13-15,17H2,2H3. The number of nitrogens with zero attached hydrogens (tertiary/aromatic N) is 4. The minimum atomic E-state index is 0.613. The Hall–Kier alpha value is -2.92. The van der Waals surface area contributed by atoms with Gasteiger partial charge in [0.05, 0.1) is 13.7 Å². The first-order valence-electron chi connectivity index (χ1n) is 9.78. The van der Waals surface area contributed by atoms with Crippen molar-refractivity contribution < 1.29 is 4.74 Å². The van der Waals surface area contributed by atoms with E-state index in [1.165, 1.54) is 31.5 Å². The number of likely N-dealkylation sites (tertiary alicyclic amines) is 1. The molecule has 2 heterocycles. The lowest BCUT2D eigenvalue weighted by molar-refractivity contribution is 0.331. The molecule has 144 valence electrons. The third-order valence-corrected chi connectivity index (χ3v) is 5.11. The zero-order chi connectivity index (χ0) is 19.3. The molecule has 5 nitrogen and oxygen atoms in total. The molecule has 1 saturated heterocycles. The maximum absolute atomic E-state index is 5.26. The van der Waals surface area contributed by atoms with E-state index in [1.54, 1.807) is 7.11 Å². The van der Waals surface area contributed by atoms with Crippen LogP contribution in [0.4, 0.5) is 0 Å². The van der Waals surface area contributed by atoms with Crippen LogP contribution in [0.25, 0.3) is 22.8 Å². The molecule has 0 saturated carbocycles. The van der Waals surface area contributed by atoms with Gasteiger partial charge in [-0.1, -0.05) is 24.3 Å². The summed E-state index contributed by atoms with van der Waals surface area (Å²) in [6.45, 7) is 7.85. The number of hydrogen-bond donors (Lipinski definition) is 0. The summed E-state index contributed by atoms with van der Waals surface area (Å²) in [6.07, 6.45) is 4.45. The Labute approximate surface area is 166 Å². The average Bonchev–Trinajstić information content (AvgIpc) is 3.39. The fourth-order valence-electron chi connectivity index (χ4n) is 3.68. The van der Waals surface area contributed by atoms with Crippen LogP contribution in [-0.2, 0) is 13.1 Å². The summed E-state index contributed by atoms with van der Waals surface area (Å²) < 4.78 is 7.16. The number of benzene rings is 2. The molecule has 3 aromatic rings. The van der Waals surface area contributed by atoms with Crippen molar-refractivity contribution in [2.45, 2.75) is 25.9 Å². The van der Waals surface area contributed by atoms with Crippen LogP contribution in [0, 0.1) is 0 Å².